The molecule has 99 valence electrons. The molecule has 1 aromatic rings. The Morgan fingerprint density at radius 3 is 2.22 bits per heavy atom. The maximum atomic E-state index is 3.29. The second kappa shape index (κ2) is 9.94. The molecule has 1 rings (SSSR count). The molecule has 18 heavy (non-hydrogen) atoms. The van der Waals surface area contributed by atoms with Gasteiger partial charge in [0, 0.05) is 0 Å². The Balaban J connectivity index is 2.20. The van der Waals surface area contributed by atoms with E-state index >= 15 is 0 Å². The van der Waals surface area contributed by atoms with Crippen molar-refractivity contribution in [2.45, 2.75) is 65.2 Å². The quantitative estimate of drug-likeness (QED) is 0.487. The highest BCUT2D eigenvalue weighted by Gasteiger charge is 1.94. The smallest absolute Gasteiger partial charge is 0.0149 e. The summed E-state index contributed by atoms with van der Waals surface area (Å²) < 4.78 is 0. The summed E-state index contributed by atoms with van der Waals surface area (Å²) in [6.07, 6.45) is 15.9. The molecule has 0 spiro atoms. The molecule has 0 saturated heterocycles. The molecular formula is C18H27. The molecule has 0 bridgehead atoms. The number of benzene rings is 1. The average Bonchev–Trinajstić information content (AvgIpc) is 2.42. The van der Waals surface area contributed by atoms with Crippen LogP contribution < -0.4 is 0 Å². The summed E-state index contributed by atoms with van der Waals surface area (Å²) in [6, 6.07) is 8.85. The molecule has 1 radical (unpaired) electrons. The Morgan fingerprint density at radius 1 is 0.889 bits per heavy atom. The zero-order chi connectivity index (χ0) is 13.1. The van der Waals surface area contributed by atoms with Crippen molar-refractivity contribution in [3.63, 3.8) is 0 Å². The highest BCUT2D eigenvalue weighted by molar-refractivity contribution is 5.27. The fourth-order valence-electron chi connectivity index (χ4n) is 2.10. The van der Waals surface area contributed by atoms with Crippen LogP contribution in [0.25, 0.3) is 0 Å². The fourth-order valence-corrected chi connectivity index (χ4v) is 2.10. The summed E-state index contributed by atoms with van der Waals surface area (Å²) in [4.78, 5) is 0. The first-order chi connectivity index (χ1) is 8.86. The molecule has 0 heterocycles. The minimum atomic E-state index is 1.06. The van der Waals surface area contributed by atoms with E-state index in [-0.39, 0.29) is 0 Å². The maximum Gasteiger partial charge on any atom is -0.0149 e. The lowest BCUT2D eigenvalue weighted by molar-refractivity contribution is 0.607. The molecule has 0 aliphatic carbocycles. The van der Waals surface area contributed by atoms with Crippen molar-refractivity contribution in [2.24, 2.45) is 0 Å². The van der Waals surface area contributed by atoms with Gasteiger partial charge in [-0.25, -0.2) is 0 Å². The van der Waals surface area contributed by atoms with Gasteiger partial charge in [0.2, 0.25) is 0 Å². The first-order valence-corrected chi connectivity index (χ1v) is 7.54. The summed E-state index contributed by atoms with van der Waals surface area (Å²) in [5.74, 6) is 0. The van der Waals surface area contributed by atoms with E-state index in [1.54, 1.807) is 0 Å². The number of unbranched alkanes of at least 4 members (excludes halogenated alkanes) is 5. The van der Waals surface area contributed by atoms with E-state index in [2.05, 4.69) is 50.3 Å². The van der Waals surface area contributed by atoms with Gasteiger partial charge in [-0.05, 0) is 36.5 Å². The number of hydrogen-bond donors (Lipinski definition) is 0. The summed E-state index contributed by atoms with van der Waals surface area (Å²) >= 11 is 0. The van der Waals surface area contributed by atoms with Crippen LogP contribution in [-0.4, -0.2) is 0 Å². The summed E-state index contributed by atoms with van der Waals surface area (Å²) in [5, 5.41) is 0. The third kappa shape index (κ3) is 6.64. The van der Waals surface area contributed by atoms with Crippen molar-refractivity contribution in [2.75, 3.05) is 0 Å². The number of aryl methyl sites for hydroxylation is 1. The minimum Gasteiger partial charge on any atom is -0.0763 e. The van der Waals surface area contributed by atoms with Crippen molar-refractivity contribution >= 4 is 0 Å². The number of allylic oxidation sites excluding steroid dienone is 1. The second-order valence-electron chi connectivity index (χ2n) is 4.97. The van der Waals surface area contributed by atoms with Crippen LogP contribution in [0.15, 0.2) is 30.3 Å². The normalized spacial score (nSPS) is 11.2. The maximum absolute atomic E-state index is 3.29. The monoisotopic (exact) mass is 243 g/mol. The predicted molar refractivity (Wildman–Crippen MR) is 80.7 cm³/mol. The molecule has 0 amide bonds. The molecule has 0 atom stereocenters. The van der Waals surface area contributed by atoms with Gasteiger partial charge in [-0.3, -0.25) is 0 Å². The van der Waals surface area contributed by atoms with Crippen LogP contribution in [0.2, 0.25) is 0 Å². The zero-order valence-electron chi connectivity index (χ0n) is 12.0. The van der Waals surface area contributed by atoms with Gasteiger partial charge in [0.25, 0.3) is 0 Å². The van der Waals surface area contributed by atoms with Crippen LogP contribution >= 0.6 is 0 Å². The summed E-state index contributed by atoms with van der Waals surface area (Å²) in [5.41, 5.74) is 2.66. The Kier molecular flexibility index (Phi) is 8.29. The lowest BCUT2D eigenvalue weighted by atomic mass is 10.0. The molecule has 0 heteroatoms. The van der Waals surface area contributed by atoms with Crippen LogP contribution in [-0.2, 0) is 6.42 Å². The van der Waals surface area contributed by atoms with Crippen molar-refractivity contribution in [3.05, 3.63) is 47.5 Å². The van der Waals surface area contributed by atoms with Crippen LogP contribution in [0.4, 0.5) is 0 Å². The number of hydrogen-bond acceptors (Lipinski definition) is 0. The van der Waals surface area contributed by atoms with Crippen LogP contribution in [0.3, 0.4) is 0 Å². The molecule has 0 unspecified atom stereocenters. The highest BCUT2D eigenvalue weighted by Crippen LogP contribution is 2.11. The molecule has 0 nitrogen and oxygen atoms in total. The van der Waals surface area contributed by atoms with Gasteiger partial charge < -0.3 is 0 Å². The van der Waals surface area contributed by atoms with Crippen molar-refractivity contribution < 1.29 is 0 Å². The van der Waals surface area contributed by atoms with E-state index in [9.17, 15) is 0 Å². The molecule has 0 aliphatic rings. The van der Waals surface area contributed by atoms with E-state index in [0.29, 0.717) is 0 Å². The third-order valence-electron chi connectivity index (χ3n) is 3.25. The van der Waals surface area contributed by atoms with Gasteiger partial charge in [-0.15, -0.1) is 0 Å². The predicted octanol–water partition coefficient (Wildman–Crippen LogP) is 5.71. The third-order valence-corrected chi connectivity index (χ3v) is 3.25. The van der Waals surface area contributed by atoms with Crippen molar-refractivity contribution in [1.82, 2.24) is 0 Å². The van der Waals surface area contributed by atoms with Crippen LogP contribution in [0, 0.1) is 6.08 Å². The molecule has 0 aliphatic heterocycles. The Bertz CT molecular complexity index is 318. The average molecular weight is 243 g/mol. The molecular weight excluding hydrogens is 216 g/mol. The van der Waals surface area contributed by atoms with Gasteiger partial charge in [0.15, 0.2) is 0 Å². The van der Waals surface area contributed by atoms with E-state index < -0.39 is 0 Å². The SMILES string of the molecule is CC/C=[C]\c1ccc(CCCCCCCC)cc1. The Hall–Kier alpha value is -1.04. The Morgan fingerprint density at radius 2 is 1.56 bits per heavy atom. The van der Waals surface area contributed by atoms with E-state index in [1.807, 2.05) is 0 Å². The summed E-state index contributed by atoms with van der Waals surface area (Å²) in [7, 11) is 0. The standard InChI is InChI=1S/C18H27/c1-3-5-7-8-9-10-12-18-15-13-17(14-16-18)11-6-4-2/h6,13-16H,3-5,7-10,12H2,1-2H3. The molecule has 0 N–H and O–H groups in total. The second-order valence-corrected chi connectivity index (χ2v) is 4.97. The van der Waals surface area contributed by atoms with Gasteiger partial charge in [0.1, 0.15) is 0 Å². The molecule has 0 saturated carbocycles. The van der Waals surface area contributed by atoms with E-state index in [1.165, 1.54) is 56.1 Å². The Labute approximate surface area is 113 Å². The van der Waals surface area contributed by atoms with Gasteiger partial charge in [-0.1, -0.05) is 76.3 Å². The topological polar surface area (TPSA) is 0 Å². The van der Waals surface area contributed by atoms with E-state index in [4.69, 9.17) is 0 Å². The fraction of sp³-hybridized carbons (Fsp3) is 0.556. The minimum absolute atomic E-state index is 1.06. The molecule has 0 aromatic heterocycles. The lowest BCUT2D eigenvalue weighted by Gasteiger charge is -2.02. The van der Waals surface area contributed by atoms with Crippen molar-refractivity contribution in [3.8, 4) is 0 Å². The van der Waals surface area contributed by atoms with Crippen LogP contribution in [0.5, 0.6) is 0 Å². The summed E-state index contributed by atoms with van der Waals surface area (Å²) in [6.45, 7) is 4.41. The lowest BCUT2D eigenvalue weighted by Crippen LogP contribution is -1.86. The van der Waals surface area contributed by atoms with Crippen molar-refractivity contribution in [1.29, 1.82) is 0 Å². The van der Waals surface area contributed by atoms with Gasteiger partial charge in [-0.2, -0.15) is 0 Å². The number of rotatable bonds is 9. The van der Waals surface area contributed by atoms with E-state index in [0.717, 1.165) is 6.42 Å². The first kappa shape index (κ1) is 15.0. The van der Waals surface area contributed by atoms with Gasteiger partial charge >= 0.3 is 0 Å². The van der Waals surface area contributed by atoms with Gasteiger partial charge in [0.05, 0.1) is 0 Å². The highest BCUT2D eigenvalue weighted by atomic mass is 14.0. The largest absolute Gasteiger partial charge is 0.0763 e. The first-order valence-electron chi connectivity index (χ1n) is 7.54. The zero-order valence-corrected chi connectivity index (χ0v) is 12.0. The molecule has 1 aromatic carbocycles. The van der Waals surface area contributed by atoms with Crippen LogP contribution in [0.1, 0.15) is 69.9 Å². The molecule has 0 fully saturated rings.